The highest BCUT2D eigenvalue weighted by molar-refractivity contribution is 7.61. The van der Waals surface area contributed by atoms with Gasteiger partial charge in [0.05, 0.1) is 13.2 Å². The van der Waals surface area contributed by atoms with E-state index in [1.54, 1.807) is 0 Å². The summed E-state index contributed by atoms with van der Waals surface area (Å²) in [7, 11) is -10.8. The Labute approximate surface area is 403 Å². The fourth-order valence-electron chi connectivity index (χ4n) is 7.13. The summed E-state index contributed by atoms with van der Waals surface area (Å²) in [6.45, 7) is 2.01. The molecule has 6 N–H and O–H groups in total. The number of aromatic nitrogens is 2. The highest BCUT2D eigenvalue weighted by Crippen LogP contribution is 2.60. The summed E-state index contributed by atoms with van der Waals surface area (Å²) in [5, 5.41) is 20.9. The number of nitrogen functional groups attached to an aromatic ring is 1. The lowest BCUT2D eigenvalue weighted by molar-refractivity contribution is -0.161. The van der Waals surface area contributed by atoms with Crippen molar-refractivity contribution in [2.45, 2.75) is 199 Å². The number of aliphatic hydroxyl groups is 2. The van der Waals surface area contributed by atoms with Crippen molar-refractivity contribution >= 4 is 33.4 Å². The van der Waals surface area contributed by atoms with Gasteiger partial charge in [0, 0.05) is 19.0 Å². The molecule has 1 fully saturated rings. The number of allylic oxidation sites excluding steroid dienone is 8. The Kier molecular flexibility index (Phi) is 32.8. The molecule has 0 saturated carbocycles. The van der Waals surface area contributed by atoms with Crippen LogP contribution in [0.15, 0.2) is 65.7 Å². The van der Waals surface area contributed by atoms with E-state index in [2.05, 4.69) is 71.8 Å². The average Bonchev–Trinajstić information content (AvgIpc) is 3.57. The molecule has 0 amide bonds. The van der Waals surface area contributed by atoms with Crippen molar-refractivity contribution in [1.82, 2.24) is 9.55 Å². The number of carbonyl (C=O) groups is 2. The molecular weight excluding hydrogens is 920 g/mol. The van der Waals surface area contributed by atoms with E-state index in [-0.39, 0.29) is 18.7 Å². The number of phosphoric acid groups is 2. The largest absolute Gasteiger partial charge is 0.481 e. The zero-order chi connectivity index (χ0) is 49.9. The van der Waals surface area contributed by atoms with Crippen LogP contribution in [0.2, 0.25) is 0 Å². The fraction of sp³-hybridized carbons (Fsp3) is 0.708. The van der Waals surface area contributed by atoms with Crippen LogP contribution >= 0.6 is 15.6 Å². The predicted octanol–water partition coefficient (Wildman–Crippen LogP) is 9.78. The van der Waals surface area contributed by atoms with Gasteiger partial charge in [-0.3, -0.25) is 23.2 Å². The zero-order valence-electron chi connectivity index (χ0n) is 40.4. The highest BCUT2D eigenvalue weighted by Gasteiger charge is 2.46. The molecule has 3 unspecified atom stereocenters. The molecule has 1 aromatic rings. The van der Waals surface area contributed by atoms with Crippen LogP contribution in [0.4, 0.5) is 5.82 Å². The summed E-state index contributed by atoms with van der Waals surface area (Å²) in [4.78, 5) is 61.8. The third-order valence-electron chi connectivity index (χ3n) is 10.9. The van der Waals surface area contributed by atoms with Crippen LogP contribution in [-0.2, 0) is 46.3 Å². The second-order valence-electron chi connectivity index (χ2n) is 16.9. The molecule has 7 atom stereocenters. The monoisotopic (exact) mass is 1000 g/mol. The van der Waals surface area contributed by atoms with Gasteiger partial charge in [-0.1, -0.05) is 152 Å². The van der Waals surface area contributed by atoms with Crippen molar-refractivity contribution in [3.8, 4) is 0 Å². The van der Waals surface area contributed by atoms with Crippen LogP contribution in [-0.4, -0.2) is 85.7 Å². The number of anilines is 1. The first-order valence-electron chi connectivity index (χ1n) is 24.6. The summed E-state index contributed by atoms with van der Waals surface area (Å²) in [6, 6.07) is 1.25. The molecule has 0 radical (unpaired) electrons. The molecule has 68 heavy (non-hydrogen) atoms. The normalized spacial score (nSPS) is 19.9. The number of nitrogens with two attached hydrogens (primary N) is 1. The Morgan fingerprint density at radius 3 is 1.81 bits per heavy atom. The maximum absolute atomic E-state index is 12.8. The molecule has 2 heterocycles. The van der Waals surface area contributed by atoms with Crippen molar-refractivity contribution in [3.05, 3.63) is 71.4 Å². The Hall–Kier alpha value is -3.28. The first-order valence-corrected chi connectivity index (χ1v) is 27.6. The maximum Gasteiger partial charge on any atom is 0.481 e. The molecular formula is C48H81N3O15P2. The Bertz CT molecular complexity index is 1820. The molecule has 1 aromatic heterocycles. The zero-order valence-corrected chi connectivity index (χ0v) is 42.2. The smallest absolute Gasteiger partial charge is 0.462 e. The minimum absolute atomic E-state index is 0.0223. The van der Waals surface area contributed by atoms with Crippen LogP contribution in [0.3, 0.4) is 0 Å². The van der Waals surface area contributed by atoms with E-state index in [1.165, 1.54) is 57.4 Å². The number of phosphoric ester groups is 2. The van der Waals surface area contributed by atoms with E-state index < -0.39 is 83.7 Å². The molecule has 1 aliphatic heterocycles. The van der Waals surface area contributed by atoms with Crippen LogP contribution in [0.25, 0.3) is 0 Å². The van der Waals surface area contributed by atoms with Crippen molar-refractivity contribution in [1.29, 1.82) is 0 Å². The third kappa shape index (κ3) is 29.0. The van der Waals surface area contributed by atoms with Gasteiger partial charge in [-0.2, -0.15) is 9.29 Å². The molecule has 20 heteroatoms. The average molecular weight is 1000 g/mol. The first kappa shape index (κ1) is 60.8. The molecule has 388 valence electrons. The van der Waals surface area contributed by atoms with Crippen LogP contribution in [0.1, 0.15) is 174 Å². The summed E-state index contributed by atoms with van der Waals surface area (Å²) in [5.74, 6) is -1.32. The number of unbranched alkanes of at least 4 members (excludes halogenated alkanes) is 16. The van der Waals surface area contributed by atoms with Crippen molar-refractivity contribution < 1.29 is 66.3 Å². The second kappa shape index (κ2) is 36.6. The summed E-state index contributed by atoms with van der Waals surface area (Å²) < 4.78 is 56.7. The van der Waals surface area contributed by atoms with Gasteiger partial charge in [-0.15, -0.1) is 0 Å². The lowest BCUT2D eigenvalue weighted by Crippen LogP contribution is -2.36. The molecule has 2 rings (SSSR count). The van der Waals surface area contributed by atoms with Crippen molar-refractivity contribution in [3.63, 3.8) is 0 Å². The number of rotatable bonds is 40. The summed E-state index contributed by atoms with van der Waals surface area (Å²) in [5.41, 5.74) is 4.58. The Morgan fingerprint density at radius 2 is 1.24 bits per heavy atom. The van der Waals surface area contributed by atoms with Crippen LogP contribution < -0.4 is 11.4 Å². The molecule has 0 aromatic carbocycles. The fourth-order valence-corrected chi connectivity index (χ4v) is 9.24. The highest BCUT2D eigenvalue weighted by atomic mass is 31.3. The van der Waals surface area contributed by atoms with Gasteiger partial charge in [0.15, 0.2) is 12.3 Å². The van der Waals surface area contributed by atoms with Crippen molar-refractivity contribution in [2.24, 2.45) is 0 Å². The van der Waals surface area contributed by atoms with Gasteiger partial charge in [0.2, 0.25) is 0 Å². The number of hydrogen-bond donors (Lipinski definition) is 5. The SMILES string of the molecule is CCC=CCC=CCC=CCC=CCCCCCCC(=O)O[C@H](COC(=O)CCCCCCCCCCCCCCC)COP(=O)(O)OP(=O)(O)OC[C@H]1O[C@@H](n2ccc(N)nc2=O)C(O)[C@H]1O. The summed E-state index contributed by atoms with van der Waals surface area (Å²) >= 11 is 0. The van der Waals surface area contributed by atoms with Crippen LogP contribution in [0, 0.1) is 0 Å². The van der Waals surface area contributed by atoms with E-state index >= 15 is 0 Å². The number of aliphatic hydroxyl groups excluding tert-OH is 2. The third-order valence-corrected chi connectivity index (χ3v) is 13.5. The molecule has 1 aliphatic rings. The molecule has 1 saturated heterocycles. The Morgan fingerprint density at radius 1 is 0.721 bits per heavy atom. The first-order chi connectivity index (χ1) is 32.7. The van der Waals surface area contributed by atoms with Gasteiger partial charge in [0.25, 0.3) is 0 Å². The number of nitrogens with zero attached hydrogens (tertiary/aromatic N) is 2. The van der Waals surface area contributed by atoms with E-state index in [0.29, 0.717) is 12.8 Å². The number of hydrogen-bond acceptors (Lipinski definition) is 15. The molecule has 0 aliphatic carbocycles. The standard InChI is InChI=1S/C48H81N3O15P2/c1-3-5-7-9-11-13-15-17-18-19-20-22-24-26-28-30-32-34-44(53)64-40(37-61-43(52)33-31-29-27-25-23-21-16-14-12-10-8-6-4-2)38-62-67(57,58)66-68(59,60)63-39-41-45(54)46(55)47(65-41)51-36-35-42(49)50-48(51)56/h5,7,11,13,17-18,20,22,35-36,40-41,45-47,54-55H,3-4,6,8-10,12,14-16,19,21,23-34,37-39H2,1-2H3,(H,57,58)(H,59,60)(H2,49,50,56)/t40-,41-,45+,46?,47-/m1/s1. The lowest BCUT2D eigenvalue weighted by Gasteiger charge is -2.21. The van der Waals surface area contributed by atoms with Gasteiger partial charge in [0.1, 0.15) is 30.7 Å². The minimum Gasteiger partial charge on any atom is -0.462 e. The van der Waals surface area contributed by atoms with Crippen molar-refractivity contribution in [2.75, 3.05) is 25.6 Å². The van der Waals surface area contributed by atoms with E-state index in [4.69, 9.17) is 29.0 Å². The van der Waals surface area contributed by atoms with Gasteiger partial charge in [-0.05, 0) is 57.4 Å². The lowest BCUT2D eigenvalue weighted by atomic mass is 10.0. The number of esters is 2. The summed E-state index contributed by atoms with van der Waals surface area (Å²) in [6.07, 6.45) is 33.4. The quantitative estimate of drug-likeness (QED) is 0.0177. The van der Waals surface area contributed by atoms with Crippen LogP contribution in [0.5, 0.6) is 0 Å². The molecule has 0 bridgehead atoms. The topological polar surface area (TPSA) is 265 Å². The Balaban J connectivity index is 1.82. The van der Waals surface area contributed by atoms with Gasteiger partial charge in [-0.25, -0.2) is 13.9 Å². The number of carbonyl (C=O) groups excluding carboxylic acids is 2. The van der Waals surface area contributed by atoms with E-state index in [1.807, 2.05) is 0 Å². The maximum atomic E-state index is 12.8. The molecule has 18 nitrogen and oxygen atoms in total. The molecule has 0 spiro atoms. The second-order valence-corrected chi connectivity index (χ2v) is 20.0. The van der Waals surface area contributed by atoms with Gasteiger partial charge >= 0.3 is 33.3 Å². The minimum atomic E-state index is -5.43. The predicted molar refractivity (Wildman–Crippen MR) is 261 cm³/mol. The van der Waals surface area contributed by atoms with Gasteiger partial charge < -0.3 is 39.9 Å². The number of ether oxygens (including phenoxy) is 3. The van der Waals surface area contributed by atoms with E-state index in [0.717, 1.165) is 87.8 Å². The van der Waals surface area contributed by atoms with E-state index in [9.17, 15) is 43.5 Å².